The fraction of sp³-hybridized carbons (Fsp3) is 0.600. The zero-order valence-electron chi connectivity index (χ0n) is 10.7. The molecule has 1 heteroatoms. The monoisotopic (exact) mass is 217 g/mol. The third kappa shape index (κ3) is 3.08. The molecule has 1 saturated carbocycles. The summed E-state index contributed by atoms with van der Waals surface area (Å²) in [5.74, 6) is 0. The van der Waals surface area contributed by atoms with Crippen LogP contribution >= 0.6 is 0 Å². The van der Waals surface area contributed by atoms with Gasteiger partial charge in [-0.1, -0.05) is 43.7 Å². The molecule has 0 radical (unpaired) electrons. The molecule has 1 fully saturated rings. The first kappa shape index (κ1) is 11.7. The molecule has 1 unspecified atom stereocenters. The number of hydrogen-bond acceptors (Lipinski definition) is 1. The minimum Gasteiger partial charge on any atom is -0.310 e. The van der Waals surface area contributed by atoms with Gasteiger partial charge in [-0.3, -0.25) is 0 Å². The van der Waals surface area contributed by atoms with Gasteiger partial charge >= 0.3 is 0 Å². The number of aryl methyl sites for hydroxylation is 1. The predicted molar refractivity (Wildman–Crippen MR) is 69.4 cm³/mol. The summed E-state index contributed by atoms with van der Waals surface area (Å²) in [6.45, 7) is 7.90. The van der Waals surface area contributed by atoms with E-state index in [4.69, 9.17) is 0 Å². The van der Waals surface area contributed by atoms with Gasteiger partial charge in [-0.05, 0) is 37.2 Å². The van der Waals surface area contributed by atoms with Crippen molar-refractivity contribution >= 4 is 0 Å². The lowest BCUT2D eigenvalue weighted by Crippen LogP contribution is -2.26. The van der Waals surface area contributed by atoms with Crippen LogP contribution in [0.25, 0.3) is 0 Å². The number of nitrogens with one attached hydrogen (secondary N) is 1. The van der Waals surface area contributed by atoms with Gasteiger partial charge in [0.1, 0.15) is 0 Å². The number of benzene rings is 1. The standard InChI is InChI=1S/C15H23N/c1-12-4-6-13(7-5-12)11-16-14-8-9-15(2,3)10-14/h4-7,14,16H,8-11H2,1-3H3. The molecule has 1 N–H and O–H groups in total. The summed E-state index contributed by atoms with van der Waals surface area (Å²) in [5.41, 5.74) is 3.28. The van der Waals surface area contributed by atoms with Crippen LogP contribution in [0.4, 0.5) is 0 Å². The Morgan fingerprint density at radius 2 is 1.94 bits per heavy atom. The molecule has 0 heterocycles. The maximum atomic E-state index is 3.67. The molecule has 0 aliphatic heterocycles. The summed E-state index contributed by atoms with van der Waals surface area (Å²) >= 11 is 0. The highest BCUT2D eigenvalue weighted by Crippen LogP contribution is 2.36. The Balaban J connectivity index is 1.82. The van der Waals surface area contributed by atoms with Crippen LogP contribution in [-0.4, -0.2) is 6.04 Å². The first-order chi connectivity index (χ1) is 7.55. The van der Waals surface area contributed by atoms with Crippen LogP contribution < -0.4 is 5.32 Å². The van der Waals surface area contributed by atoms with Gasteiger partial charge in [0, 0.05) is 12.6 Å². The van der Waals surface area contributed by atoms with Crippen LogP contribution in [0.5, 0.6) is 0 Å². The van der Waals surface area contributed by atoms with E-state index >= 15 is 0 Å². The zero-order chi connectivity index (χ0) is 11.6. The van der Waals surface area contributed by atoms with Crippen molar-refractivity contribution in [3.05, 3.63) is 35.4 Å². The Labute approximate surface area is 99.3 Å². The second-order valence-corrected chi connectivity index (χ2v) is 5.97. The van der Waals surface area contributed by atoms with Crippen LogP contribution in [0.2, 0.25) is 0 Å². The molecule has 0 spiro atoms. The SMILES string of the molecule is Cc1ccc(CNC2CCC(C)(C)C2)cc1. The summed E-state index contributed by atoms with van der Waals surface area (Å²) in [6.07, 6.45) is 4.01. The van der Waals surface area contributed by atoms with Crippen molar-refractivity contribution in [2.75, 3.05) is 0 Å². The largest absolute Gasteiger partial charge is 0.310 e. The van der Waals surface area contributed by atoms with E-state index in [-0.39, 0.29) is 0 Å². The van der Waals surface area contributed by atoms with E-state index in [1.54, 1.807) is 0 Å². The first-order valence-corrected chi connectivity index (χ1v) is 6.34. The molecule has 16 heavy (non-hydrogen) atoms. The van der Waals surface area contributed by atoms with Crippen molar-refractivity contribution < 1.29 is 0 Å². The van der Waals surface area contributed by atoms with E-state index in [1.165, 1.54) is 30.4 Å². The average molecular weight is 217 g/mol. The number of rotatable bonds is 3. The molecule has 1 nitrogen and oxygen atoms in total. The maximum absolute atomic E-state index is 3.67. The molecule has 1 aliphatic rings. The Morgan fingerprint density at radius 1 is 1.25 bits per heavy atom. The third-order valence-electron chi connectivity index (χ3n) is 3.68. The van der Waals surface area contributed by atoms with Crippen molar-refractivity contribution in [2.24, 2.45) is 5.41 Å². The fourth-order valence-electron chi connectivity index (χ4n) is 2.58. The van der Waals surface area contributed by atoms with Crippen LogP contribution in [0, 0.1) is 12.3 Å². The van der Waals surface area contributed by atoms with Gasteiger partial charge in [-0.2, -0.15) is 0 Å². The molecule has 1 aromatic carbocycles. The predicted octanol–water partition coefficient (Wildman–Crippen LogP) is 3.66. The third-order valence-corrected chi connectivity index (χ3v) is 3.68. The molecule has 1 aliphatic carbocycles. The lowest BCUT2D eigenvalue weighted by Gasteiger charge is -2.18. The van der Waals surface area contributed by atoms with Gasteiger partial charge < -0.3 is 5.32 Å². The van der Waals surface area contributed by atoms with Gasteiger partial charge in [-0.15, -0.1) is 0 Å². The molecular weight excluding hydrogens is 194 g/mol. The molecule has 0 amide bonds. The van der Waals surface area contributed by atoms with Crippen molar-refractivity contribution in [3.8, 4) is 0 Å². The van der Waals surface area contributed by atoms with E-state index < -0.39 is 0 Å². The first-order valence-electron chi connectivity index (χ1n) is 6.34. The van der Waals surface area contributed by atoms with E-state index in [0.717, 1.165) is 12.6 Å². The summed E-state index contributed by atoms with van der Waals surface area (Å²) in [5, 5.41) is 3.67. The number of hydrogen-bond donors (Lipinski definition) is 1. The Bertz CT molecular complexity index is 337. The van der Waals surface area contributed by atoms with E-state index in [2.05, 4.69) is 50.4 Å². The van der Waals surface area contributed by atoms with Crippen LogP contribution in [0.1, 0.15) is 44.2 Å². The smallest absolute Gasteiger partial charge is 0.0208 e. The minimum atomic E-state index is 0.547. The van der Waals surface area contributed by atoms with E-state index in [9.17, 15) is 0 Å². The normalized spacial score (nSPS) is 23.6. The van der Waals surface area contributed by atoms with Gasteiger partial charge in [0.2, 0.25) is 0 Å². The maximum Gasteiger partial charge on any atom is 0.0208 e. The van der Waals surface area contributed by atoms with Crippen molar-refractivity contribution in [3.63, 3.8) is 0 Å². The summed E-state index contributed by atoms with van der Waals surface area (Å²) in [6, 6.07) is 9.55. The van der Waals surface area contributed by atoms with Crippen LogP contribution in [0.15, 0.2) is 24.3 Å². The van der Waals surface area contributed by atoms with Gasteiger partial charge in [-0.25, -0.2) is 0 Å². The van der Waals surface area contributed by atoms with Gasteiger partial charge in [0.25, 0.3) is 0 Å². The van der Waals surface area contributed by atoms with Crippen LogP contribution in [-0.2, 0) is 6.54 Å². The lowest BCUT2D eigenvalue weighted by molar-refractivity contribution is 0.364. The van der Waals surface area contributed by atoms with Gasteiger partial charge in [0.15, 0.2) is 0 Å². The van der Waals surface area contributed by atoms with E-state index in [0.29, 0.717) is 5.41 Å². The second kappa shape index (κ2) is 4.58. The topological polar surface area (TPSA) is 12.0 Å². The van der Waals surface area contributed by atoms with Crippen molar-refractivity contribution in [1.82, 2.24) is 5.32 Å². The second-order valence-electron chi connectivity index (χ2n) is 5.97. The lowest BCUT2D eigenvalue weighted by atomic mass is 9.92. The molecule has 1 aromatic rings. The Morgan fingerprint density at radius 3 is 2.50 bits per heavy atom. The van der Waals surface area contributed by atoms with Crippen molar-refractivity contribution in [1.29, 1.82) is 0 Å². The summed E-state index contributed by atoms with van der Waals surface area (Å²) in [4.78, 5) is 0. The average Bonchev–Trinajstić information content (AvgIpc) is 2.58. The zero-order valence-corrected chi connectivity index (χ0v) is 10.7. The molecule has 0 saturated heterocycles. The molecule has 1 atom stereocenters. The summed E-state index contributed by atoms with van der Waals surface area (Å²) in [7, 11) is 0. The highest BCUT2D eigenvalue weighted by molar-refractivity contribution is 5.21. The molecule has 2 rings (SSSR count). The Kier molecular flexibility index (Phi) is 3.34. The fourth-order valence-corrected chi connectivity index (χ4v) is 2.58. The van der Waals surface area contributed by atoms with Gasteiger partial charge in [0.05, 0.1) is 0 Å². The molecule has 0 bridgehead atoms. The Hall–Kier alpha value is -0.820. The molecular formula is C15H23N. The molecule has 0 aromatic heterocycles. The quantitative estimate of drug-likeness (QED) is 0.814. The highest BCUT2D eigenvalue weighted by Gasteiger charge is 2.30. The minimum absolute atomic E-state index is 0.547. The summed E-state index contributed by atoms with van der Waals surface area (Å²) < 4.78 is 0. The highest BCUT2D eigenvalue weighted by atomic mass is 14.9. The van der Waals surface area contributed by atoms with Crippen molar-refractivity contribution in [2.45, 2.75) is 52.6 Å². The van der Waals surface area contributed by atoms with E-state index in [1.807, 2.05) is 0 Å². The van der Waals surface area contributed by atoms with Crippen LogP contribution in [0.3, 0.4) is 0 Å². The molecule has 88 valence electrons.